The van der Waals surface area contributed by atoms with Crippen molar-refractivity contribution >= 4 is 5.91 Å². The van der Waals surface area contributed by atoms with E-state index < -0.39 is 0 Å². The van der Waals surface area contributed by atoms with Gasteiger partial charge in [-0.15, -0.1) is 0 Å². The minimum atomic E-state index is 0.0648. The van der Waals surface area contributed by atoms with Crippen molar-refractivity contribution in [3.8, 4) is 0 Å². The highest BCUT2D eigenvalue weighted by Gasteiger charge is 2.13. The van der Waals surface area contributed by atoms with Gasteiger partial charge in [-0.2, -0.15) is 0 Å². The third-order valence-electron chi connectivity index (χ3n) is 2.82. The molecule has 0 aromatic rings. The number of carbonyl (C=O) groups is 1. The molecule has 0 atom stereocenters. The van der Waals surface area contributed by atoms with Gasteiger partial charge in [-0.3, -0.25) is 4.79 Å². The second kappa shape index (κ2) is 9.39. The number of amides is 1. The lowest BCUT2D eigenvalue weighted by molar-refractivity contribution is -0.122. The molecule has 1 aliphatic rings. The van der Waals surface area contributed by atoms with Crippen molar-refractivity contribution in [2.24, 2.45) is 0 Å². The van der Waals surface area contributed by atoms with Crippen molar-refractivity contribution in [2.45, 2.75) is 31.8 Å². The number of rotatable bonds is 8. The van der Waals surface area contributed by atoms with Gasteiger partial charge in [0.2, 0.25) is 5.91 Å². The lowest BCUT2D eigenvalue weighted by atomic mass is 10.1. The molecule has 2 N–H and O–H groups in total. The van der Waals surface area contributed by atoms with Crippen LogP contribution < -0.4 is 10.6 Å². The maximum atomic E-state index is 11.4. The molecule has 1 rings (SSSR count). The summed E-state index contributed by atoms with van der Waals surface area (Å²) in [5, 5.41) is 6.13. The average Bonchev–Trinajstić information content (AvgIpc) is 2.36. The van der Waals surface area contributed by atoms with Gasteiger partial charge >= 0.3 is 0 Å². The Morgan fingerprint density at radius 2 is 2.12 bits per heavy atom. The molecule has 1 aliphatic heterocycles. The second-order valence-electron chi connectivity index (χ2n) is 4.27. The van der Waals surface area contributed by atoms with Gasteiger partial charge in [-0.1, -0.05) is 0 Å². The van der Waals surface area contributed by atoms with Crippen LogP contribution in [0.5, 0.6) is 0 Å². The van der Waals surface area contributed by atoms with Gasteiger partial charge in [-0.05, 0) is 32.4 Å². The quantitative estimate of drug-likeness (QED) is 0.603. The molecule has 0 unspecified atom stereocenters. The van der Waals surface area contributed by atoms with E-state index in [9.17, 15) is 4.79 Å². The topological polar surface area (TPSA) is 59.6 Å². The molecule has 1 heterocycles. The maximum Gasteiger partial charge on any atom is 0.222 e. The zero-order chi connectivity index (χ0) is 12.3. The van der Waals surface area contributed by atoms with E-state index in [4.69, 9.17) is 9.47 Å². The smallest absolute Gasteiger partial charge is 0.222 e. The van der Waals surface area contributed by atoms with E-state index in [1.54, 1.807) is 7.11 Å². The van der Waals surface area contributed by atoms with Gasteiger partial charge in [0.15, 0.2) is 0 Å². The molecule has 0 radical (unpaired) electrons. The summed E-state index contributed by atoms with van der Waals surface area (Å²) < 4.78 is 10.6. The number of methoxy groups -OCH3 is 1. The van der Waals surface area contributed by atoms with Gasteiger partial charge in [-0.25, -0.2) is 0 Å². The first kappa shape index (κ1) is 14.4. The van der Waals surface area contributed by atoms with Crippen LogP contribution >= 0.6 is 0 Å². The van der Waals surface area contributed by atoms with Gasteiger partial charge in [0.25, 0.3) is 0 Å². The standard InChI is InChI=1S/C12H24N2O3/c1-16-9-2-6-14-12(15)5-10-17-11-3-7-13-8-4-11/h11,13H,2-10H2,1H3,(H,14,15). The largest absolute Gasteiger partial charge is 0.385 e. The fraction of sp³-hybridized carbons (Fsp3) is 0.917. The lowest BCUT2D eigenvalue weighted by Gasteiger charge is -2.22. The summed E-state index contributed by atoms with van der Waals surface area (Å²) in [6.07, 6.45) is 3.75. The fourth-order valence-electron chi connectivity index (χ4n) is 1.81. The highest BCUT2D eigenvalue weighted by Crippen LogP contribution is 2.07. The molecule has 1 amide bonds. The Bertz CT molecular complexity index is 206. The van der Waals surface area contributed by atoms with Crippen molar-refractivity contribution < 1.29 is 14.3 Å². The molecule has 0 saturated carbocycles. The fourth-order valence-corrected chi connectivity index (χ4v) is 1.81. The molecule has 5 heteroatoms. The normalized spacial score (nSPS) is 17.0. The first-order valence-corrected chi connectivity index (χ1v) is 6.41. The van der Waals surface area contributed by atoms with E-state index in [0.29, 0.717) is 32.3 Å². The predicted molar refractivity (Wildman–Crippen MR) is 66.0 cm³/mol. The lowest BCUT2D eigenvalue weighted by Crippen LogP contribution is -2.33. The zero-order valence-corrected chi connectivity index (χ0v) is 10.7. The van der Waals surface area contributed by atoms with Crippen LogP contribution in [0.2, 0.25) is 0 Å². The molecule has 0 spiro atoms. The Balaban J connectivity index is 1.92. The van der Waals surface area contributed by atoms with Gasteiger partial charge in [0.05, 0.1) is 12.7 Å². The summed E-state index contributed by atoms with van der Waals surface area (Å²) in [5.41, 5.74) is 0. The molecule has 5 nitrogen and oxygen atoms in total. The van der Waals surface area contributed by atoms with E-state index in [0.717, 1.165) is 32.4 Å². The van der Waals surface area contributed by atoms with E-state index in [-0.39, 0.29) is 5.91 Å². The third-order valence-corrected chi connectivity index (χ3v) is 2.82. The molecule has 0 aromatic carbocycles. The van der Waals surface area contributed by atoms with Crippen LogP contribution in [-0.2, 0) is 14.3 Å². The summed E-state index contributed by atoms with van der Waals surface area (Å²) in [6, 6.07) is 0. The van der Waals surface area contributed by atoms with Crippen LogP contribution in [0, 0.1) is 0 Å². The highest BCUT2D eigenvalue weighted by atomic mass is 16.5. The number of nitrogens with one attached hydrogen (secondary N) is 2. The van der Waals surface area contributed by atoms with Crippen molar-refractivity contribution in [1.82, 2.24) is 10.6 Å². The summed E-state index contributed by atoms with van der Waals surface area (Å²) in [7, 11) is 1.66. The predicted octanol–water partition coefficient (Wildman–Crippen LogP) is 0.298. The first-order valence-electron chi connectivity index (χ1n) is 6.41. The van der Waals surface area contributed by atoms with Crippen molar-refractivity contribution in [3.63, 3.8) is 0 Å². The number of piperidine rings is 1. The number of hydrogen-bond acceptors (Lipinski definition) is 4. The van der Waals surface area contributed by atoms with Crippen LogP contribution in [0.1, 0.15) is 25.7 Å². The van der Waals surface area contributed by atoms with Crippen LogP contribution in [0.4, 0.5) is 0 Å². The third kappa shape index (κ3) is 7.31. The Morgan fingerprint density at radius 1 is 1.35 bits per heavy atom. The van der Waals surface area contributed by atoms with E-state index >= 15 is 0 Å². The Labute approximate surface area is 103 Å². The summed E-state index contributed by atoms with van der Waals surface area (Å²) in [4.78, 5) is 11.4. The zero-order valence-electron chi connectivity index (χ0n) is 10.7. The summed E-state index contributed by atoms with van der Waals surface area (Å²) >= 11 is 0. The second-order valence-corrected chi connectivity index (χ2v) is 4.27. The van der Waals surface area contributed by atoms with E-state index in [1.165, 1.54) is 0 Å². The van der Waals surface area contributed by atoms with Crippen molar-refractivity contribution in [3.05, 3.63) is 0 Å². The Morgan fingerprint density at radius 3 is 2.82 bits per heavy atom. The van der Waals surface area contributed by atoms with Crippen molar-refractivity contribution in [1.29, 1.82) is 0 Å². The molecule has 0 aliphatic carbocycles. The molecule has 100 valence electrons. The van der Waals surface area contributed by atoms with Gasteiger partial charge in [0.1, 0.15) is 0 Å². The molecule has 0 bridgehead atoms. The van der Waals surface area contributed by atoms with Crippen LogP contribution in [0.15, 0.2) is 0 Å². The first-order chi connectivity index (χ1) is 8.33. The Hall–Kier alpha value is -0.650. The monoisotopic (exact) mass is 244 g/mol. The van der Waals surface area contributed by atoms with E-state index in [1.807, 2.05) is 0 Å². The Kier molecular flexibility index (Phi) is 7.96. The molecule has 0 aromatic heterocycles. The molecular formula is C12H24N2O3. The number of carbonyl (C=O) groups excluding carboxylic acids is 1. The van der Waals surface area contributed by atoms with Crippen LogP contribution in [-0.4, -0.2) is 52.0 Å². The van der Waals surface area contributed by atoms with Crippen molar-refractivity contribution in [2.75, 3.05) is 40.0 Å². The molecule has 1 saturated heterocycles. The van der Waals surface area contributed by atoms with Crippen LogP contribution in [0.3, 0.4) is 0 Å². The molecule has 17 heavy (non-hydrogen) atoms. The van der Waals surface area contributed by atoms with Gasteiger partial charge < -0.3 is 20.1 Å². The number of hydrogen-bond donors (Lipinski definition) is 2. The van der Waals surface area contributed by atoms with E-state index in [2.05, 4.69) is 10.6 Å². The molecular weight excluding hydrogens is 220 g/mol. The molecule has 1 fully saturated rings. The van der Waals surface area contributed by atoms with Gasteiger partial charge in [0, 0.05) is 26.7 Å². The summed E-state index contributed by atoms with van der Waals surface area (Å²) in [6.45, 7) is 3.94. The SMILES string of the molecule is COCCCNC(=O)CCOC1CCNCC1. The number of ether oxygens (including phenoxy) is 2. The summed E-state index contributed by atoms with van der Waals surface area (Å²) in [5.74, 6) is 0.0648. The highest BCUT2D eigenvalue weighted by molar-refractivity contribution is 5.75. The average molecular weight is 244 g/mol. The minimum absolute atomic E-state index is 0.0648. The maximum absolute atomic E-state index is 11.4. The van der Waals surface area contributed by atoms with Crippen LogP contribution in [0.25, 0.3) is 0 Å². The minimum Gasteiger partial charge on any atom is -0.385 e.